The van der Waals surface area contributed by atoms with Gasteiger partial charge in [0.05, 0.1) is 24.1 Å². The third-order valence-electron chi connectivity index (χ3n) is 2.96. The maximum absolute atomic E-state index is 11.6. The molecule has 7 nitrogen and oxygen atoms in total. The van der Waals surface area contributed by atoms with Crippen molar-refractivity contribution in [1.82, 2.24) is 20.4 Å². The lowest BCUT2D eigenvalue weighted by molar-refractivity contribution is -0.0672. The number of anilines is 1. The van der Waals surface area contributed by atoms with Crippen molar-refractivity contribution in [3.8, 4) is 0 Å². The molecule has 2 heterocycles. The first-order valence-electron chi connectivity index (χ1n) is 6.55. The van der Waals surface area contributed by atoms with Gasteiger partial charge >= 0.3 is 6.03 Å². The van der Waals surface area contributed by atoms with E-state index in [0.29, 0.717) is 12.2 Å². The van der Waals surface area contributed by atoms with Crippen molar-refractivity contribution in [2.24, 2.45) is 0 Å². The van der Waals surface area contributed by atoms with Gasteiger partial charge in [0.2, 0.25) is 0 Å². The largest absolute Gasteiger partial charge is 0.373 e. The highest BCUT2D eigenvalue weighted by atomic mass is 16.5. The summed E-state index contributed by atoms with van der Waals surface area (Å²) in [6, 6.07) is -0.212. The molecule has 1 aromatic heterocycles. The van der Waals surface area contributed by atoms with Crippen LogP contribution in [0.3, 0.4) is 0 Å². The molecule has 1 aliphatic heterocycles. The first kappa shape index (κ1) is 13.8. The molecule has 1 aliphatic rings. The molecule has 2 rings (SSSR count). The summed E-state index contributed by atoms with van der Waals surface area (Å²) in [7, 11) is 0. The molecule has 19 heavy (non-hydrogen) atoms. The molecule has 0 bridgehead atoms. The van der Waals surface area contributed by atoms with E-state index < -0.39 is 0 Å². The summed E-state index contributed by atoms with van der Waals surface area (Å²) < 4.78 is 5.66. The minimum Gasteiger partial charge on any atom is -0.373 e. The summed E-state index contributed by atoms with van der Waals surface area (Å²) in [6.45, 7) is 7.41. The predicted molar refractivity (Wildman–Crippen MR) is 72.1 cm³/mol. The van der Waals surface area contributed by atoms with Crippen molar-refractivity contribution in [3.05, 3.63) is 12.4 Å². The van der Waals surface area contributed by atoms with Gasteiger partial charge in [0.25, 0.3) is 0 Å². The molecule has 106 valence electrons. The lowest BCUT2D eigenvalue weighted by Crippen LogP contribution is -2.48. The number of carbonyl (C=O) groups excluding carboxylic acids is 1. The van der Waals surface area contributed by atoms with Gasteiger partial charge in [-0.25, -0.2) is 4.79 Å². The zero-order valence-corrected chi connectivity index (χ0v) is 11.3. The highest BCUT2D eigenvalue weighted by molar-refractivity contribution is 5.88. The average Bonchev–Trinajstić information content (AvgIpc) is 2.80. The number of ether oxygens (including phenoxy) is 1. The lowest BCUT2D eigenvalue weighted by atomic mass is 10.2. The number of nitrogens with zero attached hydrogens (tertiary/aromatic N) is 2. The van der Waals surface area contributed by atoms with Gasteiger partial charge in [-0.2, -0.15) is 5.10 Å². The zero-order valence-electron chi connectivity index (χ0n) is 11.3. The molecule has 2 amide bonds. The molecule has 1 saturated heterocycles. The second kappa shape index (κ2) is 6.53. The summed E-state index contributed by atoms with van der Waals surface area (Å²) in [4.78, 5) is 13.9. The zero-order chi connectivity index (χ0) is 13.7. The number of amides is 2. The number of rotatable bonds is 4. The Bertz CT molecular complexity index is 385. The monoisotopic (exact) mass is 267 g/mol. The van der Waals surface area contributed by atoms with E-state index in [4.69, 9.17) is 4.74 Å². The average molecular weight is 267 g/mol. The number of carbonyl (C=O) groups is 1. The Morgan fingerprint density at radius 1 is 1.53 bits per heavy atom. The standard InChI is InChI=1S/C12H21N5O2/c1-9-7-17(8-10(2)19-9)4-3-13-12(18)16-11-5-14-15-6-11/h5-6,9-10H,3-4,7-8H2,1-2H3,(H,14,15)(H2,13,16,18). The molecule has 0 aromatic carbocycles. The topological polar surface area (TPSA) is 82.3 Å². The Morgan fingerprint density at radius 3 is 2.89 bits per heavy atom. The Kier molecular flexibility index (Phi) is 4.75. The summed E-state index contributed by atoms with van der Waals surface area (Å²) in [5.74, 6) is 0. The Balaban J connectivity index is 1.64. The van der Waals surface area contributed by atoms with Crippen LogP contribution >= 0.6 is 0 Å². The van der Waals surface area contributed by atoms with Crippen molar-refractivity contribution in [1.29, 1.82) is 0 Å². The van der Waals surface area contributed by atoms with Gasteiger partial charge in [-0.15, -0.1) is 0 Å². The van der Waals surface area contributed by atoms with E-state index in [9.17, 15) is 4.79 Å². The van der Waals surface area contributed by atoms with E-state index >= 15 is 0 Å². The molecule has 0 aliphatic carbocycles. The summed E-state index contributed by atoms with van der Waals surface area (Å²) >= 11 is 0. The normalized spacial score (nSPS) is 24.1. The minimum atomic E-state index is -0.212. The number of urea groups is 1. The van der Waals surface area contributed by atoms with Crippen molar-refractivity contribution in [2.45, 2.75) is 26.1 Å². The molecule has 1 aromatic rings. The highest BCUT2D eigenvalue weighted by Gasteiger charge is 2.21. The number of nitrogens with one attached hydrogen (secondary N) is 3. The van der Waals surface area contributed by atoms with Crippen LogP contribution in [0, 0.1) is 0 Å². The van der Waals surface area contributed by atoms with Crippen LogP contribution in [-0.2, 0) is 4.74 Å². The lowest BCUT2D eigenvalue weighted by Gasteiger charge is -2.35. The molecule has 1 fully saturated rings. The number of hydrogen-bond acceptors (Lipinski definition) is 4. The third kappa shape index (κ3) is 4.53. The number of hydrogen-bond donors (Lipinski definition) is 3. The molecule has 2 atom stereocenters. The van der Waals surface area contributed by atoms with E-state index in [-0.39, 0.29) is 18.2 Å². The molecule has 0 saturated carbocycles. The molecule has 3 N–H and O–H groups in total. The first-order valence-corrected chi connectivity index (χ1v) is 6.55. The van der Waals surface area contributed by atoms with Crippen LogP contribution in [0.2, 0.25) is 0 Å². The number of aromatic nitrogens is 2. The number of H-pyrrole nitrogens is 1. The molecular weight excluding hydrogens is 246 g/mol. The van der Waals surface area contributed by atoms with Gasteiger partial charge in [0, 0.05) is 32.4 Å². The van der Waals surface area contributed by atoms with E-state index in [2.05, 4.69) is 39.6 Å². The maximum atomic E-state index is 11.6. The van der Waals surface area contributed by atoms with Gasteiger partial charge in [0.1, 0.15) is 0 Å². The Labute approximate surface area is 112 Å². The predicted octanol–water partition coefficient (Wildman–Crippen LogP) is 0.640. The van der Waals surface area contributed by atoms with Crippen LogP contribution in [-0.4, -0.2) is 59.5 Å². The molecule has 0 spiro atoms. The molecule has 2 unspecified atom stereocenters. The second-order valence-electron chi connectivity index (χ2n) is 4.88. The van der Waals surface area contributed by atoms with Crippen molar-refractivity contribution in [2.75, 3.05) is 31.5 Å². The fraction of sp³-hybridized carbons (Fsp3) is 0.667. The van der Waals surface area contributed by atoms with Gasteiger partial charge in [-0.1, -0.05) is 0 Å². The Morgan fingerprint density at radius 2 is 2.26 bits per heavy atom. The molecule has 7 heteroatoms. The van der Waals surface area contributed by atoms with Crippen LogP contribution in [0.5, 0.6) is 0 Å². The van der Waals surface area contributed by atoms with Crippen molar-refractivity contribution < 1.29 is 9.53 Å². The summed E-state index contributed by atoms with van der Waals surface area (Å²) in [5.41, 5.74) is 0.658. The minimum absolute atomic E-state index is 0.212. The third-order valence-corrected chi connectivity index (χ3v) is 2.96. The SMILES string of the molecule is CC1CN(CCNC(=O)Nc2cn[nH]c2)CC(C)O1. The maximum Gasteiger partial charge on any atom is 0.319 e. The van der Waals surface area contributed by atoms with Crippen LogP contribution in [0.1, 0.15) is 13.8 Å². The van der Waals surface area contributed by atoms with Crippen LogP contribution in [0.25, 0.3) is 0 Å². The number of aromatic amines is 1. The van der Waals surface area contributed by atoms with Crippen molar-refractivity contribution >= 4 is 11.7 Å². The highest BCUT2D eigenvalue weighted by Crippen LogP contribution is 2.09. The fourth-order valence-corrected chi connectivity index (χ4v) is 2.29. The number of morpholine rings is 1. The van der Waals surface area contributed by atoms with Crippen molar-refractivity contribution in [3.63, 3.8) is 0 Å². The van der Waals surface area contributed by atoms with E-state index in [1.54, 1.807) is 12.4 Å². The summed E-state index contributed by atoms with van der Waals surface area (Å²) in [5, 5.41) is 11.9. The molecular formula is C12H21N5O2. The summed E-state index contributed by atoms with van der Waals surface area (Å²) in [6.07, 6.45) is 3.70. The quantitative estimate of drug-likeness (QED) is 0.747. The van der Waals surface area contributed by atoms with Gasteiger partial charge in [-0.3, -0.25) is 10.00 Å². The van der Waals surface area contributed by atoms with Crippen LogP contribution in [0.4, 0.5) is 10.5 Å². The van der Waals surface area contributed by atoms with E-state index in [0.717, 1.165) is 19.6 Å². The fourth-order valence-electron chi connectivity index (χ4n) is 2.29. The second-order valence-corrected chi connectivity index (χ2v) is 4.88. The van der Waals surface area contributed by atoms with Gasteiger partial charge in [-0.05, 0) is 13.8 Å². The Hall–Kier alpha value is -1.60. The van der Waals surface area contributed by atoms with E-state index in [1.165, 1.54) is 0 Å². The van der Waals surface area contributed by atoms with Crippen LogP contribution in [0.15, 0.2) is 12.4 Å². The van der Waals surface area contributed by atoms with Crippen LogP contribution < -0.4 is 10.6 Å². The smallest absolute Gasteiger partial charge is 0.319 e. The molecule has 0 radical (unpaired) electrons. The van der Waals surface area contributed by atoms with Gasteiger partial charge < -0.3 is 15.4 Å². The van der Waals surface area contributed by atoms with Gasteiger partial charge in [0.15, 0.2) is 0 Å². The first-order chi connectivity index (χ1) is 9.13. The van der Waals surface area contributed by atoms with E-state index in [1.807, 2.05) is 0 Å².